The zero-order chi connectivity index (χ0) is 23.4. The molecule has 7 heteroatoms. The number of Topliss-reactive ketones (excluding diaryl/α,β-unsaturated/α-hetero) is 1. The van der Waals surface area contributed by atoms with Gasteiger partial charge >= 0.3 is 0 Å². The number of anilines is 1. The van der Waals surface area contributed by atoms with E-state index in [1.54, 1.807) is 18.7 Å². The largest absolute Gasteiger partial charge is 0.489 e. The van der Waals surface area contributed by atoms with Crippen LogP contribution >= 0.6 is 11.8 Å². The first kappa shape index (κ1) is 23.1. The van der Waals surface area contributed by atoms with Crippen molar-refractivity contribution >= 4 is 23.5 Å². The van der Waals surface area contributed by atoms with Gasteiger partial charge in [0, 0.05) is 22.6 Å². The molecule has 3 aromatic rings. The summed E-state index contributed by atoms with van der Waals surface area (Å²) in [6.45, 7) is 8.22. The van der Waals surface area contributed by atoms with E-state index in [2.05, 4.69) is 31.3 Å². The number of ether oxygens (including phenoxy) is 1. The highest BCUT2D eigenvalue weighted by molar-refractivity contribution is 7.99. The average Bonchev–Trinajstić information content (AvgIpc) is 3.20. The average molecular weight is 463 g/mol. The second-order valence-electron chi connectivity index (χ2n) is 8.24. The van der Waals surface area contributed by atoms with Gasteiger partial charge in [0.05, 0.1) is 0 Å². The molecule has 1 unspecified atom stereocenters. The summed E-state index contributed by atoms with van der Waals surface area (Å²) in [6, 6.07) is 15.7. The van der Waals surface area contributed by atoms with Crippen molar-refractivity contribution in [3.05, 3.63) is 76.5 Å². The minimum absolute atomic E-state index is 0.0000397. The molecule has 0 saturated heterocycles. The van der Waals surface area contributed by atoms with Gasteiger partial charge in [0.25, 0.3) is 0 Å². The van der Waals surface area contributed by atoms with E-state index in [-0.39, 0.29) is 5.78 Å². The van der Waals surface area contributed by atoms with Gasteiger partial charge in [0.1, 0.15) is 18.4 Å². The summed E-state index contributed by atoms with van der Waals surface area (Å²) in [5.74, 6) is 2.35. The maximum Gasteiger partial charge on any atom is 0.227 e. The molecule has 172 valence electrons. The van der Waals surface area contributed by atoms with Crippen molar-refractivity contribution in [2.24, 2.45) is 0 Å². The Morgan fingerprint density at radius 3 is 2.67 bits per heavy atom. The molecule has 0 bridgehead atoms. The SMILES string of the molecule is CCCCSc1nc2n(n1)C(c1ccccc1OCc1ccccc1C)C(C(C)=O)=C(C)N2. The smallest absolute Gasteiger partial charge is 0.227 e. The van der Waals surface area contributed by atoms with Gasteiger partial charge in [-0.15, -0.1) is 5.10 Å². The van der Waals surface area contributed by atoms with E-state index in [4.69, 9.17) is 14.8 Å². The molecule has 0 saturated carbocycles. The summed E-state index contributed by atoms with van der Waals surface area (Å²) >= 11 is 1.64. The Bertz CT molecular complexity index is 1180. The van der Waals surface area contributed by atoms with Crippen molar-refractivity contribution < 1.29 is 9.53 Å². The van der Waals surface area contributed by atoms with Crippen LogP contribution in [0, 0.1) is 6.92 Å². The Balaban J connectivity index is 1.72. The molecule has 0 radical (unpaired) electrons. The van der Waals surface area contributed by atoms with Gasteiger partial charge in [-0.05, 0) is 44.4 Å². The van der Waals surface area contributed by atoms with Crippen LogP contribution < -0.4 is 10.1 Å². The number of para-hydroxylation sites is 1. The van der Waals surface area contributed by atoms with Gasteiger partial charge in [0.2, 0.25) is 11.1 Å². The van der Waals surface area contributed by atoms with Gasteiger partial charge in [-0.3, -0.25) is 4.79 Å². The zero-order valence-electron chi connectivity index (χ0n) is 19.6. The number of fused-ring (bicyclic) bond motifs is 1. The number of thioether (sulfide) groups is 1. The number of carbonyl (C=O) groups excluding carboxylic acids is 1. The summed E-state index contributed by atoms with van der Waals surface area (Å²) in [6.07, 6.45) is 2.24. The van der Waals surface area contributed by atoms with Crippen LogP contribution in [0.5, 0.6) is 5.75 Å². The topological polar surface area (TPSA) is 69.0 Å². The van der Waals surface area contributed by atoms with Crippen LogP contribution in [0.3, 0.4) is 0 Å². The molecule has 1 N–H and O–H groups in total. The number of benzene rings is 2. The predicted octanol–water partition coefficient (Wildman–Crippen LogP) is 5.94. The highest BCUT2D eigenvalue weighted by atomic mass is 32.2. The van der Waals surface area contributed by atoms with Crippen LogP contribution in [0.2, 0.25) is 0 Å². The van der Waals surface area contributed by atoms with Crippen molar-refractivity contribution in [2.45, 2.75) is 58.3 Å². The van der Waals surface area contributed by atoms with Crippen LogP contribution in [-0.2, 0) is 11.4 Å². The fourth-order valence-electron chi connectivity index (χ4n) is 4.01. The third-order valence-corrected chi connectivity index (χ3v) is 6.72. The Labute approximate surface area is 199 Å². The number of nitrogens with one attached hydrogen (secondary N) is 1. The highest BCUT2D eigenvalue weighted by Gasteiger charge is 2.34. The number of ketones is 1. The van der Waals surface area contributed by atoms with E-state index in [9.17, 15) is 4.79 Å². The molecule has 1 aliphatic heterocycles. The first-order valence-corrected chi connectivity index (χ1v) is 12.3. The number of carbonyl (C=O) groups is 1. The monoisotopic (exact) mass is 462 g/mol. The molecule has 2 aromatic carbocycles. The molecular formula is C26H30N4O2S. The first-order chi connectivity index (χ1) is 16.0. The molecule has 1 aromatic heterocycles. The normalized spacial score (nSPS) is 15.2. The third kappa shape index (κ3) is 4.98. The van der Waals surface area contributed by atoms with E-state index >= 15 is 0 Å². The Kier molecular flexibility index (Phi) is 7.18. The van der Waals surface area contributed by atoms with Crippen LogP contribution in [0.1, 0.15) is 56.3 Å². The molecule has 6 nitrogen and oxygen atoms in total. The Morgan fingerprint density at radius 1 is 1.15 bits per heavy atom. The number of hydrogen-bond acceptors (Lipinski definition) is 6. The van der Waals surface area contributed by atoms with E-state index in [0.717, 1.165) is 41.2 Å². The van der Waals surface area contributed by atoms with Crippen molar-refractivity contribution in [1.29, 1.82) is 0 Å². The standard InChI is InChI=1S/C26H30N4O2S/c1-5-6-15-33-26-28-25-27-18(3)23(19(4)31)24(30(25)29-26)21-13-9-10-14-22(21)32-16-20-12-8-7-11-17(20)2/h7-14,24H,5-6,15-16H2,1-4H3,(H,27,28,29). The summed E-state index contributed by atoms with van der Waals surface area (Å²) in [7, 11) is 0. The van der Waals surface area contributed by atoms with Crippen molar-refractivity contribution in [3.8, 4) is 5.75 Å². The van der Waals surface area contributed by atoms with Gasteiger partial charge in [-0.25, -0.2) is 4.68 Å². The number of aryl methyl sites for hydroxylation is 1. The second-order valence-corrected chi connectivity index (χ2v) is 9.30. The number of rotatable bonds is 9. The molecule has 33 heavy (non-hydrogen) atoms. The van der Waals surface area contributed by atoms with E-state index in [1.807, 2.05) is 48.0 Å². The number of allylic oxidation sites excluding steroid dienone is 2. The Morgan fingerprint density at radius 2 is 1.91 bits per heavy atom. The van der Waals surface area contributed by atoms with Crippen LogP contribution in [-0.4, -0.2) is 26.3 Å². The maximum absolute atomic E-state index is 12.8. The van der Waals surface area contributed by atoms with E-state index < -0.39 is 6.04 Å². The van der Waals surface area contributed by atoms with Gasteiger partial charge in [-0.1, -0.05) is 67.6 Å². The quantitative estimate of drug-likeness (QED) is 0.314. The summed E-state index contributed by atoms with van der Waals surface area (Å²) in [5.41, 5.74) is 4.68. The molecule has 0 spiro atoms. The minimum atomic E-state index is -0.403. The van der Waals surface area contributed by atoms with E-state index in [1.165, 1.54) is 5.56 Å². The number of aromatic nitrogens is 3. The van der Waals surface area contributed by atoms with Crippen molar-refractivity contribution in [3.63, 3.8) is 0 Å². The van der Waals surface area contributed by atoms with Crippen LogP contribution in [0.4, 0.5) is 5.95 Å². The fourth-order valence-corrected chi connectivity index (χ4v) is 4.92. The third-order valence-electron chi connectivity index (χ3n) is 5.80. The maximum atomic E-state index is 12.8. The van der Waals surface area contributed by atoms with Gasteiger partial charge in [0.15, 0.2) is 5.78 Å². The van der Waals surface area contributed by atoms with Crippen molar-refractivity contribution in [2.75, 3.05) is 11.1 Å². The lowest BCUT2D eigenvalue weighted by atomic mass is 9.92. The molecule has 0 amide bonds. The number of hydrogen-bond donors (Lipinski definition) is 1. The second kappa shape index (κ2) is 10.3. The summed E-state index contributed by atoms with van der Waals surface area (Å²) in [5, 5.41) is 8.78. The Hall–Kier alpha value is -3.06. The van der Waals surface area contributed by atoms with Crippen molar-refractivity contribution in [1.82, 2.24) is 14.8 Å². The number of nitrogens with zero attached hydrogens (tertiary/aromatic N) is 3. The lowest BCUT2D eigenvalue weighted by Gasteiger charge is -2.29. The number of unbranched alkanes of at least 4 members (excludes halogenated alkanes) is 1. The zero-order valence-corrected chi connectivity index (χ0v) is 20.4. The van der Waals surface area contributed by atoms with E-state index in [0.29, 0.717) is 23.3 Å². The molecule has 0 fully saturated rings. The summed E-state index contributed by atoms with van der Waals surface area (Å²) in [4.78, 5) is 17.4. The van der Waals surface area contributed by atoms with Crippen LogP contribution in [0.25, 0.3) is 0 Å². The molecular weight excluding hydrogens is 432 g/mol. The van der Waals surface area contributed by atoms with Crippen LogP contribution in [0.15, 0.2) is 65.0 Å². The van der Waals surface area contributed by atoms with Gasteiger partial charge in [-0.2, -0.15) is 4.98 Å². The molecule has 2 heterocycles. The highest BCUT2D eigenvalue weighted by Crippen LogP contribution is 2.40. The minimum Gasteiger partial charge on any atom is -0.489 e. The molecule has 1 aliphatic rings. The van der Waals surface area contributed by atoms with Gasteiger partial charge < -0.3 is 10.1 Å². The summed E-state index contributed by atoms with van der Waals surface area (Å²) < 4.78 is 8.13. The predicted molar refractivity (Wildman–Crippen MR) is 133 cm³/mol. The lowest BCUT2D eigenvalue weighted by Crippen LogP contribution is -2.28. The lowest BCUT2D eigenvalue weighted by molar-refractivity contribution is -0.114. The fraction of sp³-hybridized carbons (Fsp3) is 0.346. The molecule has 0 aliphatic carbocycles. The first-order valence-electron chi connectivity index (χ1n) is 11.3. The molecule has 1 atom stereocenters. The molecule has 4 rings (SSSR count).